The van der Waals surface area contributed by atoms with Crippen molar-refractivity contribution < 1.29 is 22.7 Å². The van der Waals surface area contributed by atoms with Crippen LogP contribution in [0.15, 0.2) is 53.3 Å². The van der Waals surface area contributed by atoms with E-state index in [1.807, 2.05) is 11.0 Å². The molecule has 2 aromatic carbocycles. The van der Waals surface area contributed by atoms with Gasteiger partial charge in [0.15, 0.2) is 5.82 Å². The number of halogens is 3. The van der Waals surface area contributed by atoms with Crippen LogP contribution >= 0.6 is 0 Å². The first-order chi connectivity index (χ1) is 14.8. The molecule has 2 heterocycles. The molecule has 1 aliphatic heterocycles. The lowest BCUT2D eigenvalue weighted by molar-refractivity contribution is -0.137. The first-order valence-corrected chi connectivity index (χ1v) is 9.62. The summed E-state index contributed by atoms with van der Waals surface area (Å²) in [6.45, 7) is 1.90. The Balaban J connectivity index is 1.59. The van der Waals surface area contributed by atoms with Gasteiger partial charge in [-0.1, -0.05) is 18.2 Å². The Morgan fingerprint density at radius 2 is 1.68 bits per heavy atom. The number of ether oxygens (including phenoxy) is 1. The Hall–Kier alpha value is -3.40. The highest BCUT2D eigenvalue weighted by atomic mass is 19.4. The zero-order chi connectivity index (χ0) is 22.0. The van der Waals surface area contributed by atoms with Crippen molar-refractivity contribution in [2.75, 3.05) is 36.5 Å². The lowest BCUT2D eigenvalue weighted by atomic mass is 10.1. The van der Waals surface area contributed by atoms with Gasteiger partial charge < -0.3 is 15.0 Å². The van der Waals surface area contributed by atoms with Gasteiger partial charge in [0, 0.05) is 24.2 Å². The van der Waals surface area contributed by atoms with E-state index in [1.165, 1.54) is 0 Å². The summed E-state index contributed by atoms with van der Waals surface area (Å²) in [4.78, 5) is 27.3. The maximum Gasteiger partial charge on any atom is 0.416 e. The number of morpholine rings is 1. The number of anilines is 2. The average molecular weight is 432 g/mol. The van der Waals surface area contributed by atoms with Gasteiger partial charge in [0.05, 0.1) is 24.2 Å². The molecule has 1 aliphatic rings. The van der Waals surface area contributed by atoms with Gasteiger partial charge in [0.2, 0.25) is 5.91 Å². The van der Waals surface area contributed by atoms with E-state index in [0.29, 0.717) is 42.9 Å². The summed E-state index contributed by atoms with van der Waals surface area (Å²) in [5.41, 5.74) is -1.04. The van der Waals surface area contributed by atoms with Crippen molar-refractivity contribution >= 4 is 28.2 Å². The number of nitrogens with zero attached hydrogens (tertiary/aromatic N) is 3. The molecule has 1 amide bonds. The highest BCUT2D eigenvalue weighted by Gasteiger charge is 2.30. The third kappa shape index (κ3) is 4.53. The quantitative estimate of drug-likeness (QED) is 0.686. The second kappa shape index (κ2) is 8.38. The molecule has 1 fully saturated rings. The molecular formula is C21H19F3N4O3. The normalized spacial score (nSPS) is 14.6. The SMILES string of the molecule is O=C(Cn1nc(N2CCOCC2)c2ccccc2c1=O)Nc1ccc(C(F)(F)F)cc1. The number of amides is 1. The van der Waals surface area contributed by atoms with Gasteiger partial charge in [-0.3, -0.25) is 9.59 Å². The number of carbonyl (C=O) groups is 1. The fraction of sp³-hybridized carbons (Fsp3) is 0.286. The Morgan fingerprint density at radius 1 is 1.03 bits per heavy atom. The lowest BCUT2D eigenvalue weighted by Gasteiger charge is -2.29. The number of aromatic nitrogens is 2. The fourth-order valence-electron chi connectivity index (χ4n) is 3.41. The van der Waals surface area contributed by atoms with E-state index >= 15 is 0 Å². The number of fused-ring (bicyclic) bond motifs is 1. The Labute approximate surface area is 175 Å². The lowest BCUT2D eigenvalue weighted by Crippen LogP contribution is -2.39. The van der Waals surface area contributed by atoms with Gasteiger partial charge in [0.25, 0.3) is 5.56 Å². The van der Waals surface area contributed by atoms with Crippen molar-refractivity contribution in [3.05, 3.63) is 64.4 Å². The van der Waals surface area contributed by atoms with E-state index in [-0.39, 0.29) is 12.2 Å². The van der Waals surface area contributed by atoms with Gasteiger partial charge in [-0.25, -0.2) is 4.68 Å². The van der Waals surface area contributed by atoms with Crippen molar-refractivity contribution in [2.45, 2.75) is 12.7 Å². The van der Waals surface area contributed by atoms with Crippen LogP contribution in [0.25, 0.3) is 10.8 Å². The molecule has 3 aromatic rings. The van der Waals surface area contributed by atoms with Gasteiger partial charge >= 0.3 is 6.18 Å². The van der Waals surface area contributed by atoms with Crippen LogP contribution in [0, 0.1) is 0 Å². The molecule has 0 spiro atoms. The van der Waals surface area contributed by atoms with Crippen LogP contribution in [-0.2, 0) is 22.3 Å². The first-order valence-electron chi connectivity index (χ1n) is 9.62. The van der Waals surface area contributed by atoms with E-state index in [1.54, 1.807) is 18.2 Å². The number of hydrogen-bond donors (Lipinski definition) is 1. The molecule has 1 N–H and O–H groups in total. The summed E-state index contributed by atoms with van der Waals surface area (Å²) in [6, 6.07) is 11.1. The van der Waals surface area contributed by atoms with E-state index in [4.69, 9.17) is 4.74 Å². The number of carbonyl (C=O) groups excluding carboxylic acids is 1. The molecule has 1 aromatic heterocycles. The standard InChI is InChI=1S/C21H19F3N4O3/c22-21(23,24)14-5-7-15(8-6-14)25-18(29)13-28-20(30)17-4-2-1-3-16(17)19(26-28)27-9-11-31-12-10-27/h1-8H,9-13H2,(H,25,29). The zero-order valence-corrected chi connectivity index (χ0v) is 16.4. The van der Waals surface area contributed by atoms with Crippen LogP contribution in [0.5, 0.6) is 0 Å². The molecule has 1 saturated heterocycles. The minimum Gasteiger partial charge on any atom is -0.378 e. The molecule has 162 valence electrons. The van der Waals surface area contributed by atoms with Crippen LogP contribution in [0.4, 0.5) is 24.7 Å². The average Bonchev–Trinajstić information content (AvgIpc) is 2.76. The summed E-state index contributed by atoms with van der Waals surface area (Å²) in [7, 11) is 0. The van der Waals surface area contributed by atoms with Gasteiger partial charge in [0.1, 0.15) is 6.54 Å². The number of hydrogen-bond acceptors (Lipinski definition) is 5. The third-order valence-electron chi connectivity index (χ3n) is 4.95. The highest BCUT2D eigenvalue weighted by molar-refractivity contribution is 5.93. The molecule has 0 unspecified atom stereocenters. The number of alkyl halides is 3. The predicted molar refractivity (Wildman–Crippen MR) is 109 cm³/mol. The topological polar surface area (TPSA) is 76.5 Å². The monoisotopic (exact) mass is 432 g/mol. The second-order valence-corrected chi connectivity index (χ2v) is 7.05. The van der Waals surface area contributed by atoms with Crippen LogP contribution in [0.2, 0.25) is 0 Å². The van der Waals surface area contributed by atoms with Gasteiger partial charge in [-0.15, -0.1) is 0 Å². The molecule has 10 heteroatoms. The van der Waals surface area contributed by atoms with Crippen molar-refractivity contribution in [1.82, 2.24) is 9.78 Å². The number of nitrogens with one attached hydrogen (secondary N) is 1. The molecule has 0 atom stereocenters. The van der Waals surface area contributed by atoms with Crippen LogP contribution < -0.4 is 15.8 Å². The predicted octanol–water partition coefficient (Wildman–Crippen LogP) is 2.89. The van der Waals surface area contributed by atoms with E-state index < -0.39 is 23.2 Å². The molecular weight excluding hydrogens is 413 g/mol. The van der Waals surface area contributed by atoms with Gasteiger partial charge in [-0.05, 0) is 30.3 Å². The summed E-state index contributed by atoms with van der Waals surface area (Å²) >= 11 is 0. The van der Waals surface area contributed by atoms with E-state index in [0.717, 1.165) is 28.9 Å². The van der Waals surface area contributed by atoms with E-state index in [2.05, 4.69) is 10.4 Å². The van der Waals surface area contributed by atoms with Crippen molar-refractivity contribution in [3.8, 4) is 0 Å². The Kier molecular flexibility index (Phi) is 5.64. The maximum absolute atomic E-state index is 12.9. The van der Waals surface area contributed by atoms with Crippen molar-refractivity contribution in [3.63, 3.8) is 0 Å². The molecule has 0 saturated carbocycles. The van der Waals surface area contributed by atoms with Crippen LogP contribution in [-0.4, -0.2) is 42.0 Å². The summed E-state index contributed by atoms with van der Waals surface area (Å²) < 4.78 is 44.5. The summed E-state index contributed by atoms with van der Waals surface area (Å²) in [5.74, 6) is 0.0124. The molecule has 7 nitrogen and oxygen atoms in total. The fourth-order valence-corrected chi connectivity index (χ4v) is 3.41. The minimum absolute atomic E-state index is 0.195. The van der Waals surface area contributed by atoms with Crippen molar-refractivity contribution in [1.29, 1.82) is 0 Å². The summed E-state index contributed by atoms with van der Waals surface area (Å²) in [5, 5.41) is 8.04. The number of benzene rings is 2. The largest absolute Gasteiger partial charge is 0.416 e. The third-order valence-corrected chi connectivity index (χ3v) is 4.95. The Bertz CT molecular complexity index is 1150. The molecule has 0 radical (unpaired) electrons. The zero-order valence-electron chi connectivity index (χ0n) is 16.4. The van der Waals surface area contributed by atoms with E-state index in [9.17, 15) is 22.8 Å². The summed E-state index contributed by atoms with van der Waals surface area (Å²) in [6.07, 6.45) is -4.46. The molecule has 0 bridgehead atoms. The van der Waals surface area contributed by atoms with Crippen LogP contribution in [0.3, 0.4) is 0 Å². The van der Waals surface area contributed by atoms with Gasteiger partial charge in [-0.2, -0.15) is 18.3 Å². The number of rotatable bonds is 4. The Morgan fingerprint density at radius 3 is 2.32 bits per heavy atom. The first kappa shape index (κ1) is 20.9. The second-order valence-electron chi connectivity index (χ2n) is 7.05. The molecule has 0 aliphatic carbocycles. The highest BCUT2D eigenvalue weighted by Crippen LogP contribution is 2.29. The van der Waals surface area contributed by atoms with Crippen LogP contribution in [0.1, 0.15) is 5.56 Å². The smallest absolute Gasteiger partial charge is 0.378 e. The maximum atomic E-state index is 12.9. The van der Waals surface area contributed by atoms with Crippen molar-refractivity contribution in [2.24, 2.45) is 0 Å². The molecule has 31 heavy (non-hydrogen) atoms. The molecule has 4 rings (SSSR count). The minimum atomic E-state index is -4.46.